The van der Waals surface area contributed by atoms with Crippen molar-refractivity contribution in [2.45, 2.75) is 17.8 Å². The van der Waals surface area contributed by atoms with E-state index in [0.717, 1.165) is 23.0 Å². The largest absolute Gasteiger partial charge is 0.337 e. The van der Waals surface area contributed by atoms with Gasteiger partial charge in [0.1, 0.15) is 0 Å². The second kappa shape index (κ2) is 4.69. The number of rotatable bonds is 2. The maximum absolute atomic E-state index is 11.7. The highest BCUT2D eigenvalue weighted by atomic mass is 79.9. The van der Waals surface area contributed by atoms with Crippen molar-refractivity contribution < 1.29 is 4.79 Å². The van der Waals surface area contributed by atoms with E-state index < -0.39 is 0 Å². The number of likely N-dealkylation sites (tertiary alicyclic amines) is 1. The van der Waals surface area contributed by atoms with Gasteiger partial charge in [0.15, 0.2) is 0 Å². The first-order valence-corrected chi connectivity index (χ1v) is 6.89. The van der Waals surface area contributed by atoms with Crippen LogP contribution in [0.5, 0.6) is 0 Å². The molecule has 0 aliphatic carbocycles. The Hall–Kier alpha value is -1.42. The molecule has 1 saturated heterocycles. The lowest BCUT2D eigenvalue weighted by atomic mass is 10.1. The predicted molar refractivity (Wildman–Crippen MR) is 74.5 cm³/mol. The second-order valence-electron chi connectivity index (χ2n) is 4.61. The normalized spacial score (nSPS) is 19.7. The summed E-state index contributed by atoms with van der Waals surface area (Å²) >= 11 is 3.50. The predicted octanol–water partition coefficient (Wildman–Crippen LogP) is 2.73. The Labute approximate surface area is 114 Å². The molecule has 1 aromatic carbocycles. The van der Waals surface area contributed by atoms with E-state index in [9.17, 15) is 4.79 Å². The Kier molecular flexibility index (Phi) is 3.04. The van der Waals surface area contributed by atoms with E-state index in [0.29, 0.717) is 17.8 Å². The smallest absolute Gasteiger partial charge is 0.224 e. The van der Waals surface area contributed by atoms with Gasteiger partial charge in [-0.3, -0.25) is 9.78 Å². The number of pyridine rings is 1. The fourth-order valence-electron chi connectivity index (χ4n) is 2.32. The number of nitrogens with zero attached hydrogens (tertiary/aromatic N) is 2. The van der Waals surface area contributed by atoms with Crippen molar-refractivity contribution in [3.05, 3.63) is 42.1 Å². The third kappa shape index (κ3) is 2.25. The van der Waals surface area contributed by atoms with Crippen molar-refractivity contribution in [3.63, 3.8) is 0 Å². The number of alkyl halides is 1. The van der Waals surface area contributed by atoms with Crippen LogP contribution in [0, 0.1) is 0 Å². The van der Waals surface area contributed by atoms with E-state index in [1.807, 2.05) is 29.2 Å². The fraction of sp³-hybridized carbons (Fsp3) is 0.286. The van der Waals surface area contributed by atoms with Gasteiger partial charge in [0.25, 0.3) is 0 Å². The van der Waals surface area contributed by atoms with Crippen LogP contribution in [0.4, 0.5) is 0 Å². The third-order valence-electron chi connectivity index (χ3n) is 3.21. The molecule has 1 unspecified atom stereocenters. The number of hydrogen-bond acceptors (Lipinski definition) is 2. The molecular formula is C14H13BrN2O. The molecule has 18 heavy (non-hydrogen) atoms. The maximum atomic E-state index is 11.7. The van der Waals surface area contributed by atoms with Crippen molar-refractivity contribution >= 4 is 32.7 Å². The van der Waals surface area contributed by atoms with E-state index >= 15 is 0 Å². The molecule has 0 radical (unpaired) electrons. The first-order chi connectivity index (χ1) is 8.72. The van der Waals surface area contributed by atoms with Gasteiger partial charge in [-0.15, -0.1) is 0 Å². The molecule has 0 N–H and O–H groups in total. The highest BCUT2D eigenvalue weighted by Crippen LogP contribution is 2.21. The lowest BCUT2D eigenvalue weighted by Gasteiger charge is -2.16. The summed E-state index contributed by atoms with van der Waals surface area (Å²) in [5, 5.41) is 1.12. The van der Waals surface area contributed by atoms with Crippen molar-refractivity contribution in [3.8, 4) is 0 Å². The summed E-state index contributed by atoms with van der Waals surface area (Å²) in [5.74, 6) is 0.225. The topological polar surface area (TPSA) is 33.2 Å². The van der Waals surface area contributed by atoms with Gasteiger partial charge in [-0.25, -0.2) is 0 Å². The highest BCUT2D eigenvalue weighted by Gasteiger charge is 2.27. The Bertz CT molecular complexity index is 599. The van der Waals surface area contributed by atoms with E-state index in [4.69, 9.17) is 0 Å². The number of fused-ring (bicyclic) bond motifs is 1. The Morgan fingerprint density at radius 2 is 2.28 bits per heavy atom. The third-order valence-corrected chi connectivity index (χ3v) is 3.82. The molecule has 1 aromatic heterocycles. The minimum atomic E-state index is 0.225. The van der Waals surface area contributed by atoms with Crippen LogP contribution >= 0.6 is 15.9 Å². The summed E-state index contributed by atoms with van der Waals surface area (Å²) in [7, 11) is 0. The van der Waals surface area contributed by atoms with Crippen molar-refractivity contribution in [1.82, 2.24) is 9.88 Å². The number of carbonyl (C=O) groups excluding carboxylic acids is 1. The molecule has 3 nitrogen and oxygen atoms in total. The molecule has 1 aliphatic heterocycles. The molecular weight excluding hydrogens is 292 g/mol. The Balaban J connectivity index is 1.84. The molecule has 1 atom stereocenters. The molecule has 92 valence electrons. The van der Waals surface area contributed by atoms with Crippen molar-refractivity contribution in [2.75, 3.05) is 6.54 Å². The van der Waals surface area contributed by atoms with Crippen LogP contribution in [0.2, 0.25) is 0 Å². The molecule has 2 aromatic rings. The van der Waals surface area contributed by atoms with E-state index in [2.05, 4.69) is 27.0 Å². The quantitative estimate of drug-likeness (QED) is 0.799. The number of benzene rings is 1. The molecule has 1 amide bonds. The van der Waals surface area contributed by atoms with Gasteiger partial charge in [-0.1, -0.05) is 28.1 Å². The number of halogens is 1. The minimum Gasteiger partial charge on any atom is -0.337 e. The first-order valence-electron chi connectivity index (χ1n) is 5.98. The van der Waals surface area contributed by atoms with E-state index in [1.165, 1.54) is 0 Å². The summed E-state index contributed by atoms with van der Waals surface area (Å²) in [6, 6.07) is 10.1. The van der Waals surface area contributed by atoms with Gasteiger partial charge < -0.3 is 4.90 Å². The second-order valence-corrected chi connectivity index (χ2v) is 5.90. The lowest BCUT2D eigenvalue weighted by molar-refractivity contribution is -0.128. The van der Waals surface area contributed by atoms with Crippen LogP contribution in [-0.2, 0) is 11.3 Å². The SMILES string of the molecule is O=C1CC(Br)CN1Cc1ccc2ncccc2c1. The average Bonchev–Trinajstić information content (AvgIpc) is 2.68. The number of carbonyl (C=O) groups is 1. The van der Waals surface area contributed by atoms with E-state index in [1.54, 1.807) is 6.20 Å². The summed E-state index contributed by atoms with van der Waals surface area (Å²) in [6.07, 6.45) is 2.40. The van der Waals surface area contributed by atoms with Gasteiger partial charge in [0, 0.05) is 35.9 Å². The van der Waals surface area contributed by atoms with Crippen molar-refractivity contribution in [1.29, 1.82) is 0 Å². The number of amides is 1. The van der Waals surface area contributed by atoms with Crippen LogP contribution in [0.1, 0.15) is 12.0 Å². The van der Waals surface area contributed by atoms with Gasteiger partial charge in [-0.05, 0) is 23.8 Å². The zero-order valence-corrected chi connectivity index (χ0v) is 11.4. The molecule has 0 saturated carbocycles. The lowest BCUT2D eigenvalue weighted by Crippen LogP contribution is -2.24. The van der Waals surface area contributed by atoms with Gasteiger partial charge >= 0.3 is 0 Å². The fourth-order valence-corrected chi connectivity index (χ4v) is 2.95. The maximum Gasteiger partial charge on any atom is 0.224 e. The minimum absolute atomic E-state index is 0.225. The number of aromatic nitrogens is 1. The van der Waals surface area contributed by atoms with Crippen LogP contribution in [0.25, 0.3) is 10.9 Å². The van der Waals surface area contributed by atoms with Crippen molar-refractivity contribution in [2.24, 2.45) is 0 Å². The molecule has 4 heteroatoms. The molecule has 3 rings (SSSR count). The number of hydrogen-bond donors (Lipinski definition) is 0. The first kappa shape index (κ1) is 11.7. The zero-order valence-electron chi connectivity index (χ0n) is 9.84. The summed E-state index contributed by atoms with van der Waals surface area (Å²) < 4.78 is 0. The van der Waals surface area contributed by atoms with Crippen LogP contribution in [-0.4, -0.2) is 27.2 Å². The average molecular weight is 305 g/mol. The van der Waals surface area contributed by atoms with E-state index in [-0.39, 0.29) is 5.91 Å². The summed E-state index contributed by atoms with van der Waals surface area (Å²) in [6.45, 7) is 1.48. The Morgan fingerprint density at radius 1 is 1.39 bits per heavy atom. The molecule has 2 heterocycles. The van der Waals surface area contributed by atoms with Gasteiger partial charge in [0.05, 0.1) is 5.52 Å². The molecule has 0 bridgehead atoms. The molecule has 1 aliphatic rings. The Morgan fingerprint density at radius 3 is 3.06 bits per heavy atom. The zero-order chi connectivity index (χ0) is 12.5. The summed E-state index contributed by atoms with van der Waals surface area (Å²) in [5.41, 5.74) is 2.15. The van der Waals surface area contributed by atoms with Crippen LogP contribution in [0.15, 0.2) is 36.5 Å². The van der Waals surface area contributed by atoms with Crippen LogP contribution in [0.3, 0.4) is 0 Å². The molecule has 0 spiro atoms. The standard InChI is InChI=1S/C14H13BrN2O/c15-12-7-14(18)17(9-12)8-10-3-4-13-11(6-10)2-1-5-16-13/h1-6,12H,7-9H2. The van der Waals surface area contributed by atoms with Crippen LogP contribution < -0.4 is 0 Å². The van der Waals surface area contributed by atoms with Gasteiger partial charge in [0.2, 0.25) is 5.91 Å². The highest BCUT2D eigenvalue weighted by molar-refractivity contribution is 9.09. The van der Waals surface area contributed by atoms with Gasteiger partial charge in [-0.2, -0.15) is 0 Å². The monoisotopic (exact) mass is 304 g/mol. The summed E-state index contributed by atoms with van der Waals surface area (Å²) in [4.78, 5) is 18.2. The molecule has 1 fully saturated rings.